The van der Waals surface area contributed by atoms with Crippen molar-refractivity contribution in [2.45, 2.75) is 140 Å². The summed E-state index contributed by atoms with van der Waals surface area (Å²) in [6.45, 7) is 1.51. The average molecular weight is 1480 g/mol. The molecule has 104 heavy (non-hydrogen) atoms. The molecule has 1 aromatic heterocycles. The van der Waals surface area contributed by atoms with E-state index in [1.165, 1.54) is 16.7 Å². The number of carbonyl (C=O) groups is 14. The number of carbonyl (C=O) groups excluding carboxylic acids is 10. The quantitative estimate of drug-likeness (QED) is 0.0106. The summed E-state index contributed by atoms with van der Waals surface area (Å²) >= 11 is 0. The van der Waals surface area contributed by atoms with E-state index < -0.39 is 151 Å². The van der Waals surface area contributed by atoms with Gasteiger partial charge in [0.25, 0.3) is 12.0 Å². The predicted molar refractivity (Wildman–Crippen MR) is 378 cm³/mol. The van der Waals surface area contributed by atoms with Crippen LogP contribution in [0.2, 0.25) is 0 Å². The van der Waals surface area contributed by atoms with Gasteiger partial charge in [0.1, 0.15) is 24.5 Å². The highest BCUT2D eigenvalue weighted by atomic mass is 33.1. The highest BCUT2D eigenvalue weighted by Crippen LogP contribution is 2.40. The molecular weight excluding hydrogens is 1400 g/mol. The van der Waals surface area contributed by atoms with Crippen LogP contribution in [0.15, 0.2) is 102 Å². The van der Waals surface area contributed by atoms with Gasteiger partial charge in [-0.2, -0.15) is 0 Å². The second kappa shape index (κ2) is 42.1. The maximum Gasteiger partial charge on any atom is 0.407 e. The Morgan fingerprint density at radius 3 is 1.95 bits per heavy atom. The van der Waals surface area contributed by atoms with Gasteiger partial charge in [-0.25, -0.2) is 18.8 Å². The van der Waals surface area contributed by atoms with Gasteiger partial charge in [-0.15, -0.1) is 0 Å². The SMILES string of the molecule is Cc1ccc2c3c(n(CCCNC(=O)OCCSSC[C@H](CC(=O)[C@H](CC(=O)O)NC(=O)[C@@H](N)CNC(=O)[C@@H](CC(=O)[C@H](Cc4ccccc4)NC(=O)CCCCCCNC(=O)CC[C@@H](NC(=O)N[C@H](CCC(=O)O)OC=O)C(=O)O)Cc4ccccc4)C(=O)O)c(=O)c2c1)-c1ccc(F)cc1C3=O. The summed E-state index contributed by atoms with van der Waals surface area (Å²) in [5.74, 6) is -13.1. The number of urea groups is 1. The molecule has 30 nitrogen and oxygen atoms in total. The number of fused-ring (bicyclic) bond motifs is 5. The smallest absolute Gasteiger partial charge is 0.407 e. The summed E-state index contributed by atoms with van der Waals surface area (Å²) in [7, 11) is 2.16. The summed E-state index contributed by atoms with van der Waals surface area (Å²) < 4.78 is 25.6. The number of nitrogens with two attached hydrogens (primary N) is 1. The zero-order valence-corrected chi connectivity index (χ0v) is 58.5. The summed E-state index contributed by atoms with van der Waals surface area (Å²) in [6.07, 6.45) is -3.15. The number of hydrogen-bond acceptors (Lipinski definition) is 20. The fourth-order valence-electron chi connectivity index (χ4n) is 11.3. The third kappa shape index (κ3) is 26.7. The van der Waals surface area contributed by atoms with Crippen LogP contribution in [-0.4, -0.2) is 177 Å². The third-order valence-electron chi connectivity index (χ3n) is 16.6. The van der Waals surface area contributed by atoms with Crippen LogP contribution in [0, 0.1) is 24.6 Å². The lowest BCUT2D eigenvalue weighted by Crippen LogP contribution is -2.53. The van der Waals surface area contributed by atoms with Crippen molar-refractivity contribution in [3.8, 4) is 11.3 Å². The molecule has 0 unspecified atom stereocenters. The fourth-order valence-corrected chi connectivity index (χ4v) is 13.4. The molecule has 0 saturated carbocycles. The van der Waals surface area contributed by atoms with Gasteiger partial charge in [-0.05, 0) is 80.8 Å². The van der Waals surface area contributed by atoms with Crippen LogP contribution in [0.25, 0.3) is 22.0 Å². The monoisotopic (exact) mass is 1480 g/mol. The van der Waals surface area contributed by atoms with E-state index in [2.05, 4.69) is 42.0 Å². The van der Waals surface area contributed by atoms with Crippen molar-refractivity contribution in [3.63, 3.8) is 0 Å². The lowest BCUT2D eigenvalue weighted by Gasteiger charge is -2.23. The molecule has 0 radical (unpaired) electrons. The van der Waals surface area contributed by atoms with Crippen LogP contribution in [0.4, 0.5) is 14.0 Å². The Bertz CT molecular complexity index is 3980. The first kappa shape index (κ1) is 82.4. The van der Waals surface area contributed by atoms with Crippen LogP contribution in [-0.2, 0) is 81.6 Å². The molecule has 1 heterocycles. The van der Waals surface area contributed by atoms with Crippen molar-refractivity contribution in [2.24, 2.45) is 17.6 Å². The molecule has 0 spiro atoms. The van der Waals surface area contributed by atoms with Crippen LogP contribution in [0.1, 0.15) is 116 Å². The number of aromatic nitrogens is 1. The van der Waals surface area contributed by atoms with Gasteiger partial charge in [0.05, 0.1) is 42.1 Å². The molecule has 13 N–H and O–H groups in total. The molecule has 0 bridgehead atoms. The van der Waals surface area contributed by atoms with Crippen molar-refractivity contribution >= 4 is 116 Å². The number of ketones is 3. The number of pyridine rings is 1. The number of aliphatic carboxylic acids is 4. The van der Waals surface area contributed by atoms with Gasteiger partial charge in [0, 0.05) is 97.6 Å². The minimum absolute atomic E-state index is 0.00634. The Hall–Kier alpha value is -10.5. The van der Waals surface area contributed by atoms with E-state index in [-0.39, 0.29) is 107 Å². The molecule has 6 rings (SSSR count). The van der Waals surface area contributed by atoms with Crippen molar-refractivity contribution in [1.29, 1.82) is 0 Å². The van der Waals surface area contributed by atoms with E-state index in [1.54, 1.807) is 78.9 Å². The summed E-state index contributed by atoms with van der Waals surface area (Å²) in [5, 5.41) is 56.2. The minimum atomic E-state index is -1.73. The normalized spacial score (nSPS) is 13.4. The first-order valence-corrected chi connectivity index (χ1v) is 36.0. The Kier molecular flexibility index (Phi) is 33.4. The molecule has 1 aliphatic rings. The van der Waals surface area contributed by atoms with E-state index in [9.17, 15) is 91.6 Å². The van der Waals surface area contributed by atoms with E-state index in [4.69, 9.17) is 15.6 Å². The summed E-state index contributed by atoms with van der Waals surface area (Å²) in [5.41, 5.74) is 9.24. The Morgan fingerprint density at radius 2 is 1.28 bits per heavy atom. The number of hydrogen-bond donors (Lipinski definition) is 12. The van der Waals surface area contributed by atoms with Crippen molar-refractivity contribution in [3.05, 3.63) is 141 Å². The second-order valence-corrected chi connectivity index (χ2v) is 27.2. The first-order valence-electron chi connectivity index (χ1n) is 33.5. The number of halogens is 1. The van der Waals surface area contributed by atoms with E-state index in [0.29, 0.717) is 64.4 Å². The van der Waals surface area contributed by atoms with Crippen molar-refractivity contribution < 1.29 is 101 Å². The molecule has 7 amide bonds. The number of carboxylic acid groups (broad SMARTS) is 4. The number of carboxylic acids is 4. The number of benzene rings is 4. The van der Waals surface area contributed by atoms with Crippen LogP contribution in [0.3, 0.4) is 0 Å². The van der Waals surface area contributed by atoms with E-state index in [1.807, 2.05) is 6.92 Å². The Morgan fingerprint density at radius 1 is 0.606 bits per heavy atom. The number of rotatable bonds is 47. The maximum absolute atomic E-state index is 14.3. The fraction of sp³-hybridized carbons (Fsp3) is 0.423. The topological polar surface area (TPSA) is 471 Å². The molecule has 7 atom stereocenters. The van der Waals surface area contributed by atoms with Gasteiger partial charge < -0.3 is 77.4 Å². The van der Waals surface area contributed by atoms with Gasteiger partial charge in [-0.1, -0.05) is 113 Å². The zero-order valence-electron chi connectivity index (χ0n) is 56.9. The van der Waals surface area contributed by atoms with Crippen molar-refractivity contribution in [1.82, 2.24) is 41.8 Å². The standard InChI is InChI=1S/C71H84FN9O21S2/c1-41-18-20-47-50(31-41)67(94)81(63-48-21-19-46(72)36-49(48)64(91)62(47)63)28-12-27-75-71(100)101-29-30-103-104-39-45(68(95)96)35-56(84)54(37-61(89)90)78-66(93)51(73)38-76-65(92)44(32-42-13-6-4-7-14-42)34-55(83)53(33-43-15-8-5-9-16-43)77-58(86)17-10-2-3-11-26-74-57(85)23-22-52(69(97)98)79-70(99)80-59(102-40-82)24-25-60(87)88/h4-9,13-16,18-21,31,36,40,44-45,51-54,59H,2-3,10-12,17,22-30,32-35,37-39,73H2,1H3,(H,74,85)(H,75,100)(H,76,92)(H,77,86)(H,78,93)(H,87,88)(H,89,90)(H,95,96)(H,97,98)(H2,79,80,99)/t44-,45+,51+,52-,53+,54+,59+/m1/s1. The van der Waals surface area contributed by atoms with Crippen LogP contribution < -0.4 is 48.5 Å². The molecule has 5 aromatic rings. The number of aryl methyl sites for hydroxylation is 1. The van der Waals surface area contributed by atoms with E-state index >= 15 is 0 Å². The number of nitrogens with one attached hydrogen (secondary N) is 7. The predicted octanol–water partition coefficient (Wildman–Crippen LogP) is 4.73. The molecular formula is C71H84FN9O21S2. The Balaban J connectivity index is 0.926. The molecule has 4 aromatic carbocycles. The highest BCUT2D eigenvalue weighted by Gasteiger charge is 2.35. The van der Waals surface area contributed by atoms with Gasteiger partial charge in [-0.3, -0.25) is 57.5 Å². The molecule has 33 heteroatoms. The Labute approximate surface area is 604 Å². The summed E-state index contributed by atoms with van der Waals surface area (Å²) in [4.78, 5) is 192. The molecule has 1 aliphatic carbocycles. The molecule has 0 saturated heterocycles. The lowest BCUT2D eigenvalue weighted by molar-refractivity contribution is -0.144. The maximum atomic E-state index is 14.3. The van der Waals surface area contributed by atoms with Gasteiger partial charge >= 0.3 is 36.0 Å². The number of unbranched alkanes of at least 4 members (excludes halogenated alkanes) is 3. The van der Waals surface area contributed by atoms with Gasteiger partial charge in [0.2, 0.25) is 23.6 Å². The van der Waals surface area contributed by atoms with E-state index in [0.717, 1.165) is 33.2 Å². The zero-order chi connectivity index (χ0) is 75.8. The second-order valence-electron chi connectivity index (χ2n) is 24.6. The number of Topliss-reactive ketones (excluding diaryl/α,β-unsaturated/α-hetero) is 2. The lowest BCUT2D eigenvalue weighted by atomic mass is 9.89. The third-order valence-corrected chi connectivity index (χ3v) is 19.1. The van der Waals surface area contributed by atoms with Crippen molar-refractivity contribution in [2.75, 3.05) is 37.7 Å². The van der Waals surface area contributed by atoms with Crippen LogP contribution >= 0.6 is 21.6 Å². The number of ether oxygens (including phenoxy) is 2. The number of amides is 7. The summed E-state index contributed by atoms with van der Waals surface area (Å²) in [6, 6.07) is 19.5. The van der Waals surface area contributed by atoms with Gasteiger partial charge in [0.15, 0.2) is 23.6 Å². The highest BCUT2D eigenvalue weighted by molar-refractivity contribution is 8.76. The average Bonchev–Trinajstić information content (AvgIpc) is 1.54. The minimum Gasteiger partial charge on any atom is -0.481 e. The largest absolute Gasteiger partial charge is 0.481 e. The first-order chi connectivity index (χ1) is 49.7. The number of alkyl carbamates (subject to hydrolysis) is 1. The van der Waals surface area contributed by atoms with Crippen LogP contribution in [0.5, 0.6) is 0 Å². The molecule has 558 valence electrons. The number of nitrogens with zero attached hydrogens (tertiary/aromatic N) is 1. The molecule has 0 aliphatic heterocycles. The molecule has 0 fully saturated rings.